The van der Waals surface area contributed by atoms with E-state index in [9.17, 15) is 9.59 Å². The van der Waals surface area contributed by atoms with Crippen molar-refractivity contribution >= 4 is 23.6 Å². The Hall–Kier alpha value is -0.710. The zero-order valence-corrected chi connectivity index (χ0v) is 13.0. The number of hydrogen-bond donors (Lipinski definition) is 0. The minimum absolute atomic E-state index is 0.0127. The number of thioether (sulfide) groups is 1. The van der Waals surface area contributed by atoms with E-state index in [4.69, 9.17) is 0 Å². The Labute approximate surface area is 119 Å². The molecule has 1 unspecified atom stereocenters. The Bertz CT molecular complexity index is 359. The number of nitrogens with zero attached hydrogens (tertiary/aromatic N) is 2. The highest BCUT2D eigenvalue weighted by Gasteiger charge is 2.35. The molecule has 0 spiro atoms. The predicted octanol–water partition coefficient (Wildman–Crippen LogP) is 1.80. The molecule has 4 nitrogen and oxygen atoms in total. The van der Waals surface area contributed by atoms with Crippen molar-refractivity contribution in [3.05, 3.63) is 0 Å². The van der Waals surface area contributed by atoms with Gasteiger partial charge in [-0.15, -0.1) is 11.8 Å². The Morgan fingerprint density at radius 1 is 1.16 bits per heavy atom. The standard InChI is InChI=1S/C14H24N2O2S/c1-14(2,3)13(18)15-6-4-5-11(9-15)12(17)16-7-8-19-10-16/h11H,4-10H2,1-3H3. The molecule has 0 aromatic rings. The molecule has 5 heteroatoms. The molecule has 0 bridgehead atoms. The average molecular weight is 284 g/mol. The van der Waals surface area contributed by atoms with Crippen LogP contribution >= 0.6 is 11.8 Å². The summed E-state index contributed by atoms with van der Waals surface area (Å²) in [4.78, 5) is 28.5. The Balaban J connectivity index is 1.97. The van der Waals surface area contributed by atoms with Crippen LogP contribution in [0.2, 0.25) is 0 Å². The lowest BCUT2D eigenvalue weighted by Gasteiger charge is -2.37. The summed E-state index contributed by atoms with van der Waals surface area (Å²) in [6.45, 7) is 8.10. The largest absolute Gasteiger partial charge is 0.341 e. The first kappa shape index (κ1) is 14.7. The fourth-order valence-corrected chi connectivity index (χ4v) is 3.64. The summed E-state index contributed by atoms with van der Waals surface area (Å²) < 4.78 is 0. The molecule has 2 saturated heterocycles. The van der Waals surface area contributed by atoms with Crippen LogP contribution < -0.4 is 0 Å². The monoisotopic (exact) mass is 284 g/mol. The Morgan fingerprint density at radius 2 is 1.89 bits per heavy atom. The average Bonchev–Trinajstić information content (AvgIpc) is 2.90. The van der Waals surface area contributed by atoms with E-state index in [1.54, 1.807) is 0 Å². The molecule has 2 fully saturated rings. The third kappa shape index (κ3) is 3.44. The van der Waals surface area contributed by atoms with Crippen LogP contribution in [-0.4, -0.2) is 52.9 Å². The first-order valence-electron chi connectivity index (χ1n) is 7.05. The van der Waals surface area contributed by atoms with Gasteiger partial charge in [-0.2, -0.15) is 0 Å². The Morgan fingerprint density at radius 3 is 2.47 bits per heavy atom. The number of piperidine rings is 1. The van der Waals surface area contributed by atoms with Gasteiger partial charge in [0.2, 0.25) is 11.8 Å². The lowest BCUT2D eigenvalue weighted by atomic mass is 9.90. The van der Waals surface area contributed by atoms with Crippen molar-refractivity contribution in [3.63, 3.8) is 0 Å². The summed E-state index contributed by atoms with van der Waals surface area (Å²) in [5.74, 6) is 2.29. The molecular weight excluding hydrogens is 260 g/mol. The number of carbonyl (C=O) groups is 2. The van der Waals surface area contributed by atoms with Crippen LogP contribution in [0.4, 0.5) is 0 Å². The number of carbonyl (C=O) groups excluding carboxylic acids is 2. The molecule has 0 saturated carbocycles. The lowest BCUT2D eigenvalue weighted by Crippen LogP contribution is -2.49. The van der Waals surface area contributed by atoms with Crippen molar-refractivity contribution in [1.29, 1.82) is 0 Å². The molecule has 19 heavy (non-hydrogen) atoms. The van der Waals surface area contributed by atoms with Crippen molar-refractivity contribution in [2.45, 2.75) is 33.6 Å². The van der Waals surface area contributed by atoms with E-state index in [2.05, 4.69) is 0 Å². The van der Waals surface area contributed by atoms with Gasteiger partial charge in [0.05, 0.1) is 11.8 Å². The van der Waals surface area contributed by atoms with E-state index in [-0.39, 0.29) is 23.1 Å². The van der Waals surface area contributed by atoms with Crippen molar-refractivity contribution in [2.24, 2.45) is 11.3 Å². The Kier molecular flexibility index (Phi) is 4.43. The first-order chi connectivity index (χ1) is 8.89. The second-order valence-electron chi connectivity index (χ2n) is 6.48. The molecule has 0 aromatic carbocycles. The third-order valence-electron chi connectivity index (χ3n) is 3.76. The maximum Gasteiger partial charge on any atom is 0.228 e. The molecule has 0 radical (unpaired) electrons. The minimum atomic E-state index is -0.353. The van der Waals surface area contributed by atoms with Gasteiger partial charge in [-0.25, -0.2) is 0 Å². The molecule has 2 rings (SSSR count). The molecular formula is C14H24N2O2S. The van der Waals surface area contributed by atoms with Gasteiger partial charge in [0.15, 0.2) is 0 Å². The van der Waals surface area contributed by atoms with E-state index >= 15 is 0 Å². The van der Waals surface area contributed by atoms with Crippen LogP contribution in [0.1, 0.15) is 33.6 Å². The number of amides is 2. The zero-order chi connectivity index (χ0) is 14.0. The second-order valence-corrected chi connectivity index (χ2v) is 7.55. The van der Waals surface area contributed by atoms with Gasteiger partial charge >= 0.3 is 0 Å². The predicted molar refractivity (Wildman–Crippen MR) is 77.8 cm³/mol. The molecule has 2 aliphatic heterocycles. The van der Waals surface area contributed by atoms with E-state index in [1.165, 1.54) is 0 Å². The van der Waals surface area contributed by atoms with Crippen molar-refractivity contribution in [3.8, 4) is 0 Å². The van der Waals surface area contributed by atoms with Gasteiger partial charge in [-0.05, 0) is 12.8 Å². The highest BCUT2D eigenvalue weighted by molar-refractivity contribution is 7.99. The van der Waals surface area contributed by atoms with Crippen LogP contribution in [-0.2, 0) is 9.59 Å². The van der Waals surface area contributed by atoms with Gasteiger partial charge in [0.25, 0.3) is 0 Å². The quantitative estimate of drug-likeness (QED) is 0.737. The topological polar surface area (TPSA) is 40.6 Å². The summed E-state index contributed by atoms with van der Waals surface area (Å²) in [6.07, 6.45) is 1.87. The van der Waals surface area contributed by atoms with E-state index < -0.39 is 0 Å². The summed E-state index contributed by atoms with van der Waals surface area (Å²) in [6, 6.07) is 0. The van der Waals surface area contributed by atoms with E-state index in [1.807, 2.05) is 42.3 Å². The van der Waals surface area contributed by atoms with Crippen molar-refractivity contribution < 1.29 is 9.59 Å². The van der Waals surface area contributed by atoms with Gasteiger partial charge in [-0.1, -0.05) is 20.8 Å². The molecule has 0 aromatic heterocycles. The molecule has 108 valence electrons. The summed E-state index contributed by atoms with van der Waals surface area (Å²) >= 11 is 1.81. The minimum Gasteiger partial charge on any atom is -0.341 e. The maximum atomic E-state index is 12.4. The fraction of sp³-hybridized carbons (Fsp3) is 0.857. The smallest absolute Gasteiger partial charge is 0.228 e. The fourth-order valence-electron chi connectivity index (χ4n) is 2.68. The van der Waals surface area contributed by atoms with Crippen LogP contribution in [0, 0.1) is 11.3 Å². The maximum absolute atomic E-state index is 12.4. The highest BCUT2D eigenvalue weighted by atomic mass is 32.2. The number of rotatable bonds is 1. The normalized spacial score (nSPS) is 24.7. The van der Waals surface area contributed by atoms with Gasteiger partial charge in [-0.3, -0.25) is 9.59 Å². The van der Waals surface area contributed by atoms with Crippen LogP contribution in [0.3, 0.4) is 0 Å². The molecule has 0 aliphatic carbocycles. The number of hydrogen-bond acceptors (Lipinski definition) is 3. The summed E-state index contributed by atoms with van der Waals surface area (Å²) in [5, 5.41) is 0. The molecule has 2 heterocycles. The first-order valence-corrected chi connectivity index (χ1v) is 8.21. The molecule has 0 N–H and O–H groups in total. The second kappa shape index (κ2) is 5.73. The van der Waals surface area contributed by atoms with Gasteiger partial charge in [0.1, 0.15) is 0 Å². The van der Waals surface area contributed by atoms with Gasteiger partial charge in [0, 0.05) is 30.8 Å². The van der Waals surface area contributed by atoms with E-state index in [0.29, 0.717) is 6.54 Å². The van der Waals surface area contributed by atoms with Crippen molar-refractivity contribution in [1.82, 2.24) is 9.80 Å². The van der Waals surface area contributed by atoms with Gasteiger partial charge < -0.3 is 9.80 Å². The SMILES string of the molecule is CC(C)(C)C(=O)N1CCCC(C(=O)N2CCSC2)C1. The zero-order valence-electron chi connectivity index (χ0n) is 12.1. The summed E-state index contributed by atoms with van der Waals surface area (Å²) in [7, 11) is 0. The molecule has 1 atom stereocenters. The lowest BCUT2D eigenvalue weighted by molar-refractivity contribution is -0.144. The third-order valence-corrected chi connectivity index (χ3v) is 4.73. The summed E-state index contributed by atoms with van der Waals surface area (Å²) in [5.41, 5.74) is -0.353. The van der Waals surface area contributed by atoms with Crippen LogP contribution in [0.5, 0.6) is 0 Å². The molecule has 2 aliphatic rings. The van der Waals surface area contributed by atoms with Crippen LogP contribution in [0.15, 0.2) is 0 Å². The van der Waals surface area contributed by atoms with E-state index in [0.717, 1.165) is 37.6 Å². The van der Waals surface area contributed by atoms with Crippen molar-refractivity contribution in [2.75, 3.05) is 31.3 Å². The van der Waals surface area contributed by atoms with Crippen LogP contribution in [0.25, 0.3) is 0 Å². The number of likely N-dealkylation sites (tertiary alicyclic amines) is 1. The molecule has 2 amide bonds. The highest BCUT2D eigenvalue weighted by Crippen LogP contribution is 2.26.